The lowest BCUT2D eigenvalue weighted by Gasteiger charge is -2.14. The molecule has 0 saturated carbocycles. The molecule has 0 amide bonds. The number of nitrogens with zero attached hydrogens (tertiary/aromatic N) is 1. The van der Waals surface area contributed by atoms with Gasteiger partial charge in [-0.25, -0.2) is 0 Å². The Balaban J connectivity index is 2.50. The summed E-state index contributed by atoms with van der Waals surface area (Å²) in [5.41, 5.74) is -0.183. The van der Waals surface area contributed by atoms with Crippen LogP contribution in [0.3, 0.4) is 0 Å². The molecular formula is C12H16ClNO5. The van der Waals surface area contributed by atoms with Crippen molar-refractivity contribution in [2.45, 2.75) is 26.1 Å². The third-order valence-corrected chi connectivity index (χ3v) is 2.48. The van der Waals surface area contributed by atoms with E-state index in [9.17, 15) is 15.2 Å². The molecule has 0 bridgehead atoms. The maximum absolute atomic E-state index is 10.6. The van der Waals surface area contributed by atoms with Crippen LogP contribution in [-0.2, 0) is 4.74 Å². The summed E-state index contributed by atoms with van der Waals surface area (Å²) in [6.45, 7) is 3.92. The van der Waals surface area contributed by atoms with Gasteiger partial charge in [0.1, 0.15) is 23.5 Å². The molecule has 0 fully saturated rings. The van der Waals surface area contributed by atoms with Crippen molar-refractivity contribution in [3.8, 4) is 5.75 Å². The van der Waals surface area contributed by atoms with Gasteiger partial charge < -0.3 is 14.6 Å². The van der Waals surface area contributed by atoms with Crippen LogP contribution < -0.4 is 4.74 Å². The number of aliphatic hydroxyl groups is 1. The molecule has 1 N–H and O–H groups in total. The average molecular weight is 290 g/mol. The van der Waals surface area contributed by atoms with E-state index in [-0.39, 0.29) is 30.0 Å². The highest BCUT2D eigenvalue weighted by Gasteiger charge is 2.13. The first-order chi connectivity index (χ1) is 8.90. The summed E-state index contributed by atoms with van der Waals surface area (Å²) in [5.74, 6) is 0.360. The van der Waals surface area contributed by atoms with Crippen molar-refractivity contribution in [2.75, 3.05) is 13.2 Å². The Morgan fingerprint density at radius 3 is 2.63 bits per heavy atom. The van der Waals surface area contributed by atoms with Gasteiger partial charge in [0.25, 0.3) is 5.69 Å². The fourth-order valence-electron chi connectivity index (χ4n) is 1.27. The van der Waals surface area contributed by atoms with E-state index >= 15 is 0 Å². The van der Waals surface area contributed by atoms with Gasteiger partial charge in [-0.2, -0.15) is 0 Å². The van der Waals surface area contributed by atoms with E-state index in [1.165, 1.54) is 18.2 Å². The van der Waals surface area contributed by atoms with Crippen LogP contribution in [0.1, 0.15) is 13.8 Å². The second kappa shape index (κ2) is 7.28. The van der Waals surface area contributed by atoms with Crippen LogP contribution in [0, 0.1) is 10.1 Å². The third-order valence-electron chi connectivity index (χ3n) is 2.18. The normalized spacial score (nSPS) is 12.5. The molecule has 0 aliphatic carbocycles. The zero-order valence-electron chi connectivity index (χ0n) is 10.7. The van der Waals surface area contributed by atoms with Crippen LogP contribution >= 0.6 is 11.6 Å². The van der Waals surface area contributed by atoms with Crippen LogP contribution in [0.25, 0.3) is 0 Å². The lowest BCUT2D eigenvalue weighted by atomic mass is 10.3. The molecule has 0 saturated heterocycles. The number of ether oxygens (including phenoxy) is 2. The maximum atomic E-state index is 10.6. The van der Waals surface area contributed by atoms with E-state index in [0.29, 0.717) is 5.75 Å². The molecule has 6 nitrogen and oxygen atoms in total. The van der Waals surface area contributed by atoms with Gasteiger partial charge >= 0.3 is 0 Å². The molecule has 0 spiro atoms. The summed E-state index contributed by atoms with van der Waals surface area (Å²) in [6.07, 6.45) is -0.736. The number of aliphatic hydroxyl groups excluding tert-OH is 1. The van der Waals surface area contributed by atoms with Gasteiger partial charge in [-0.1, -0.05) is 11.6 Å². The molecule has 0 aromatic heterocycles. The summed E-state index contributed by atoms with van der Waals surface area (Å²) in [5, 5.41) is 20.1. The predicted molar refractivity (Wildman–Crippen MR) is 70.7 cm³/mol. The van der Waals surface area contributed by atoms with Gasteiger partial charge in [0, 0.05) is 12.1 Å². The topological polar surface area (TPSA) is 81.8 Å². The molecule has 1 atom stereocenters. The minimum absolute atomic E-state index is 0.00424. The number of nitro benzene ring substituents is 1. The van der Waals surface area contributed by atoms with E-state index < -0.39 is 11.0 Å². The number of benzene rings is 1. The van der Waals surface area contributed by atoms with Crippen molar-refractivity contribution in [1.82, 2.24) is 0 Å². The van der Waals surface area contributed by atoms with Gasteiger partial charge in [-0.15, -0.1) is 0 Å². The van der Waals surface area contributed by atoms with Gasteiger partial charge in [-0.05, 0) is 19.9 Å². The number of rotatable bonds is 7. The summed E-state index contributed by atoms with van der Waals surface area (Å²) >= 11 is 5.73. The predicted octanol–water partition coefficient (Wildman–Crippen LogP) is 2.41. The Kier molecular flexibility index (Phi) is 6.01. The second-order valence-corrected chi connectivity index (χ2v) is 4.62. The summed E-state index contributed by atoms with van der Waals surface area (Å²) < 4.78 is 10.5. The molecule has 1 unspecified atom stereocenters. The molecule has 0 aliphatic heterocycles. The van der Waals surface area contributed by atoms with E-state index in [4.69, 9.17) is 21.1 Å². The average Bonchev–Trinajstić information content (AvgIpc) is 2.33. The molecule has 1 aromatic carbocycles. The lowest BCUT2D eigenvalue weighted by Crippen LogP contribution is -2.25. The molecule has 7 heteroatoms. The Bertz CT molecular complexity index is 438. The third kappa shape index (κ3) is 5.42. The first-order valence-corrected chi connectivity index (χ1v) is 6.14. The van der Waals surface area contributed by atoms with Gasteiger partial charge in [-0.3, -0.25) is 10.1 Å². The molecular weight excluding hydrogens is 274 g/mol. The number of hydrogen-bond donors (Lipinski definition) is 1. The van der Waals surface area contributed by atoms with Crippen LogP contribution in [0.4, 0.5) is 5.69 Å². The van der Waals surface area contributed by atoms with E-state index in [1.54, 1.807) is 0 Å². The molecule has 0 radical (unpaired) electrons. The minimum atomic E-state index is -0.767. The van der Waals surface area contributed by atoms with Crippen molar-refractivity contribution in [3.63, 3.8) is 0 Å². The zero-order chi connectivity index (χ0) is 14.4. The summed E-state index contributed by atoms with van der Waals surface area (Å²) in [7, 11) is 0. The molecule has 19 heavy (non-hydrogen) atoms. The number of nitro groups is 1. The number of halogens is 1. The first kappa shape index (κ1) is 15.7. The van der Waals surface area contributed by atoms with Crippen molar-refractivity contribution < 1.29 is 19.5 Å². The fourth-order valence-corrected chi connectivity index (χ4v) is 1.51. The zero-order valence-corrected chi connectivity index (χ0v) is 11.5. The van der Waals surface area contributed by atoms with E-state index in [0.717, 1.165) is 0 Å². The van der Waals surface area contributed by atoms with Crippen LogP contribution in [-0.4, -0.2) is 35.5 Å². The molecule has 106 valence electrons. The Labute approximate surface area is 116 Å². The second-order valence-electron chi connectivity index (χ2n) is 4.22. The van der Waals surface area contributed by atoms with Gasteiger partial charge in [0.05, 0.1) is 17.6 Å². The SMILES string of the molecule is CC(C)OCC(O)COc1ccc([N+](=O)[O-])c(Cl)c1. The monoisotopic (exact) mass is 289 g/mol. The standard InChI is InChI=1S/C12H16ClNO5/c1-8(2)18-6-9(15)7-19-10-3-4-12(14(16)17)11(13)5-10/h3-5,8-9,15H,6-7H2,1-2H3. The quantitative estimate of drug-likeness (QED) is 0.616. The highest BCUT2D eigenvalue weighted by Crippen LogP contribution is 2.28. The Morgan fingerprint density at radius 2 is 2.11 bits per heavy atom. The minimum Gasteiger partial charge on any atom is -0.491 e. The molecule has 1 aromatic rings. The highest BCUT2D eigenvalue weighted by atomic mass is 35.5. The van der Waals surface area contributed by atoms with Gasteiger partial charge in [0.15, 0.2) is 0 Å². The smallest absolute Gasteiger partial charge is 0.288 e. The van der Waals surface area contributed by atoms with E-state index in [2.05, 4.69) is 0 Å². The lowest BCUT2D eigenvalue weighted by molar-refractivity contribution is -0.384. The largest absolute Gasteiger partial charge is 0.491 e. The fraction of sp³-hybridized carbons (Fsp3) is 0.500. The first-order valence-electron chi connectivity index (χ1n) is 5.76. The van der Waals surface area contributed by atoms with Crippen molar-refractivity contribution in [1.29, 1.82) is 0 Å². The molecule has 0 aliphatic rings. The summed E-state index contributed by atoms with van der Waals surface area (Å²) in [4.78, 5) is 10.00. The maximum Gasteiger partial charge on any atom is 0.288 e. The van der Waals surface area contributed by atoms with Crippen molar-refractivity contribution in [3.05, 3.63) is 33.3 Å². The van der Waals surface area contributed by atoms with Crippen LogP contribution in [0.5, 0.6) is 5.75 Å². The van der Waals surface area contributed by atoms with Crippen molar-refractivity contribution in [2.24, 2.45) is 0 Å². The Hall–Kier alpha value is -1.37. The van der Waals surface area contributed by atoms with Crippen LogP contribution in [0.2, 0.25) is 5.02 Å². The summed E-state index contributed by atoms with van der Waals surface area (Å²) in [6, 6.07) is 4.03. The Morgan fingerprint density at radius 1 is 1.42 bits per heavy atom. The van der Waals surface area contributed by atoms with E-state index in [1.807, 2.05) is 13.8 Å². The molecule has 0 heterocycles. The van der Waals surface area contributed by atoms with Crippen LogP contribution in [0.15, 0.2) is 18.2 Å². The highest BCUT2D eigenvalue weighted by molar-refractivity contribution is 6.32. The molecule has 1 rings (SSSR count). The number of hydrogen-bond acceptors (Lipinski definition) is 5. The van der Waals surface area contributed by atoms with Crippen molar-refractivity contribution >= 4 is 17.3 Å². The van der Waals surface area contributed by atoms with Gasteiger partial charge in [0.2, 0.25) is 0 Å².